The lowest BCUT2D eigenvalue weighted by Gasteiger charge is -2.06. The minimum atomic E-state index is 0.861. The maximum Gasteiger partial charge on any atom is 0.0317 e. The van der Waals surface area contributed by atoms with E-state index in [0.717, 1.165) is 18.5 Å². The van der Waals surface area contributed by atoms with E-state index in [2.05, 4.69) is 49.4 Å². The first-order valence-corrected chi connectivity index (χ1v) is 7.83. The molecule has 1 nitrogen and oxygen atoms in total. The van der Waals surface area contributed by atoms with Crippen LogP contribution in [0.1, 0.15) is 27.8 Å². The van der Waals surface area contributed by atoms with Gasteiger partial charge in [0.25, 0.3) is 0 Å². The summed E-state index contributed by atoms with van der Waals surface area (Å²) in [5.74, 6) is 0. The fourth-order valence-corrected chi connectivity index (χ4v) is 4.05. The number of nitrogen functional groups attached to an aromatic ring is 1. The van der Waals surface area contributed by atoms with Crippen molar-refractivity contribution in [2.24, 2.45) is 0 Å². The Morgan fingerprint density at radius 1 is 0.636 bits per heavy atom. The van der Waals surface area contributed by atoms with E-state index in [9.17, 15) is 0 Å². The van der Waals surface area contributed by atoms with Gasteiger partial charge in [-0.3, -0.25) is 0 Å². The summed E-state index contributed by atoms with van der Waals surface area (Å²) in [6, 6.07) is 17.9. The number of hydrogen-bond donors (Lipinski definition) is 1. The zero-order valence-corrected chi connectivity index (χ0v) is 12.6. The van der Waals surface area contributed by atoms with E-state index in [1.165, 1.54) is 50.1 Å². The highest BCUT2D eigenvalue weighted by atomic mass is 14.5. The van der Waals surface area contributed by atoms with Crippen LogP contribution in [0.3, 0.4) is 0 Å². The molecule has 22 heavy (non-hydrogen) atoms. The Labute approximate surface area is 130 Å². The maximum atomic E-state index is 5.94. The topological polar surface area (TPSA) is 26.0 Å². The van der Waals surface area contributed by atoms with Gasteiger partial charge < -0.3 is 5.73 Å². The van der Waals surface area contributed by atoms with E-state index in [0.29, 0.717) is 0 Å². The molecule has 0 aliphatic heterocycles. The minimum absolute atomic E-state index is 0.861. The van der Waals surface area contributed by atoms with Crippen molar-refractivity contribution in [1.82, 2.24) is 0 Å². The second kappa shape index (κ2) is 4.01. The minimum Gasteiger partial charge on any atom is -0.399 e. The molecule has 3 aromatic rings. The van der Waals surface area contributed by atoms with E-state index in [-0.39, 0.29) is 0 Å². The summed E-state index contributed by atoms with van der Waals surface area (Å²) in [5, 5.41) is 0. The molecule has 0 fully saturated rings. The van der Waals surface area contributed by atoms with Crippen molar-refractivity contribution in [3.05, 3.63) is 76.3 Å². The predicted molar refractivity (Wildman–Crippen MR) is 92.1 cm³/mol. The Kier molecular flexibility index (Phi) is 2.20. The summed E-state index contributed by atoms with van der Waals surface area (Å²) in [6.07, 6.45) is 2.06. The number of fused-ring (bicyclic) bond motifs is 6. The Morgan fingerprint density at radius 2 is 1.18 bits per heavy atom. The summed E-state index contributed by atoms with van der Waals surface area (Å²) in [4.78, 5) is 0. The van der Waals surface area contributed by atoms with Gasteiger partial charge in [-0.1, -0.05) is 29.8 Å². The van der Waals surface area contributed by atoms with E-state index in [1.54, 1.807) is 0 Å². The highest BCUT2D eigenvalue weighted by Gasteiger charge is 2.25. The van der Waals surface area contributed by atoms with Crippen LogP contribution in [0, 0.1) is 6.92 Å². The van der Waals surface area contributed by atoms with Crippen molar-refractivity contribution in [3.63, 3.8) is 0 Å². The molecule has 2 N–H and O–H groups in total. The highest BCUT2D eigenvalue weighted by Crippen LogP contribution is 2.45. The van der Waals surface area contributed by atoms with Gasteiger partial charge in [-0.2, -0.15) is 0 Å². The Balaban J connectivity index is 1.70. The van der Waals surface area contributed by atoms with Crippen molar-refractivity contribution in [2.75, 3.05) is 5.73 Å². The molecule has 0 heterocycles. The summed E-state index contributed by atoms with van der Waals surface area (Å²) >= 11 is 0. The van der Waals surface area contributed by atoms with Gasteiger partial charge in [0, 0.05) is 5.69 Å². The second-order valence-corrected chi connectivity index (χ2v) is 6.60. The molecule has 2 aliphatic rings. The first-order valence-electron chi connectivity index (χ1n) is 7.83. The number of benzene rings is 3. The Morgan fingerprint density at radius 3 is 1.86 bits per heavy atom. The lowest BCUT2D eigenvalue weighted by Crippen LogP contribution is -1.86. The SMILES string of the molecule is Cc1ccc2c(c1)Cc1cc3c(cc1-2)Cc1cc(N)ccc1-3. The van der Waals surface area contributed by atoms with Gasteiger partial charge in [0.2, 0.25) is 0 Å². The van der Waals surface area contributed by atoms with Crippen molar-refractivity contribution >= 4 is 5.69 Å². The number of nitrogens with two attached hydrogens (primary N) is 1. The molecular formula is C21H17N. The summed E-state index contributed by atoms with van der Waals surface area (Å²) in [7, 11) is 0. The standard InChI is InChI=1S/C21H17N/c1-12-2-4-18-13(6-12)7-15-10-21-16(11-20(15)18)8-14-9-17(22)3-5-19(14)21/h2-6,9-11H,7-8,22H2,1H3. The van der Waals surface area contributed by atoms with Crippen molar-refractivity contribution in [3.8, 4) is 22.3 Å². The normalized spacial score (nSPS) is 13.5. The van der Waals surface area contributed by atoms with Gasteiger partial charge in [-0.25, -0.2) is 0 Å². The average Bonchev–Trinajstić information content (AvgIpc) is 3.00. The Bertz CT molecular complexity index is 871. The maximum absolute atomic E-state index is 5.94. The van der Waals surface area contributed by atoms with Crippen LogP contribution in [0.15, 0.2) is 48.5 Å². The number of rotatable bonds is 0. The lowest BCUT2D eigenvalue weighted by atomic mass is 9.98. The van der Waals surface area contributed by atoms with Crippen LogP contribution in [0.2, 0.25) is 0 Å². The molecule has 0 amide bonds. The van der Waals surface area contributed by atoms with Gasteiger partial charge in [-0.05, 0) is 88.5 Å². The van der Waals surface area contributed by atoms with Crippen LogP contribution in [0.25, 0.3) is 22.3 Å². The van der Waals surface area contributed by atoms with E-state index in [1.807, 2.05) is 6.07 Å². The molecule has 3 aromatic carbocycles. The first-order chi connectivity index (χ1) is 10.7. The zero-order chi connectivity index (χ0) is 14.8. The van der Waals surface area contributed by atoms with Crippen LogP contribution < -0.4 is 5.73 Å². The fourth-order valence-electron chi connectivity index (χ4n) is 4.05. The summed E-state index contributed by atoms with van der Waals surface area (Å²) < 4.78 is 0. The third-order valence-corrected chi connectivity index (χ3v) is 5.06. The summed E-state index contributed by atoms with van der Waals surface area (Å²) in [6.45, 7) is 2.17. The number of hydrogen-bond acceptors (Lipinski definition) is 1. The first kappa shape index (κ1) is 12.0. The number of aryl methyl sites for hydroxylation is 1. The van der Waals surface area contributed by atoms with Gasteiger partial charge in [0.05, 0.1) is 0 Å². The van der Waals surface area contributed by atoms with Gasteiger partial charge >= 0.3 is 0 Å². The molecule has 5 rings (SSSR count). The van der Waals surface area contributed by atoms with Crippen LogP contribution in [-0.4, -0.2) is 0 Å². The summed E-state index contributed by atoms with van der Waals surface area (Å²) in [5.41, 5.74) is 19.5. The molecule has 0 saturated heterocycles. The third kappa shape index (κ3) is 1.54. The van der Waals surface area contributed by atoms with E-state index in [4.69, 9.17) is 5.73 Å². The molecule has 0 bridgehead atoms. The molecule has 0 spiro atoms. The van der Waals surface area contributed by atoms with Gasteiger partial charge in [0.1, 0.15) is 0 Å². The monoisotopic (exact) mass is 283 g/mol. The second-order valence-electron chi connectivity index (χ2n) is 6.60. The largest absolute Gasteiger partial charge is 0.399 e. The molecule has 0 aromatic heterocycles. The van der Waals surface area contributed by atoms with E-state index >= 15 is 0 Å². The van der Waals surface area contributed by atoms with Crippen LogP contribution >= 0.6 is 0 Å². The zero-order valence-electron chi connectivity index (χ0n) is 12.6. The molecule has 0 radical (unpaired) electrons. The third-order valence-electron chi connectivity index (χ3n) is 5.06. The van der Waals surface area contributed by atoms with Crippen molar-refractivity contribution in [2.45, 2.75) is 19.8 Å². The molecular weight excluding hydrogens is 266 g/mol. The Hall–Kier alpha value is -2.54. The van der Waals surface area contributed by atoms with Crippen molar-refractivity contribution in [1.29, 1.82) is 0 Å². The number of anilines is 1. The van der Waals surface area contributed by atoms with Crippen molar-refractivity contribution < 1.29 is 0 Å². The molecule has 0 unspecified atom stereocenters. The molecule has 0 atom stereocenters. The smallest absolute Gasteiger partial charge is 0.0317 e. The quantitative estimate of drug-likeness (QED) is 0.409. The van der Waals surface area contributed by atoms with Gasteiger partial charge in [-0.15, -0.1) is 0 Å². The van der Waals surface area contributed by atoms with Crippen LogP contribution in [-0.2, 0) is 12.8 Å². The van der Waals surface area contributed by atoms with Crippen LogP contribution in [0.4, 0.5) is 5.69 Å². The lowest BCUT2D eigenvalue weighted by molar-refractivity contribution is 1.23. The van der Waals surface area contributed by atoms with Gasteiger partial charge in [0.15, 0.2) is 0 Å². The fraction of sp³-hybridized carbons (Fsp3) is 0.143. The van der Waals surface area contributed by atoms with E-state index < -0.39 is 0 Å². The predicted octanol–water partition coefficient (Wildman–Crippen LogP) is 4.72. The molecule has 106 valence electrons. The highest BCUT2D eigenvalue weighted by molar-refractivity contribution is 5.86. The molecule has 1 heteroatoms. The van der Waals surface area contributed by atoms with Crippen LogP contribution in [0.5, 0.6) is 0 Å². The molecule has 2 aliphatic carbocycles. The average molecular weight is 283 g/mol. The molecule has 0 saturated carbocycles.